The first-order valence-corrected chi connectivity index (χ1v) is 27.1. The van der Waals surface area contributed by atoms with E-state index in [0.717, 1.165) is 16.6 Å². The lowest BCUT2D eigenvalue weighted by Crippen LogP contribution is -1.94. The first-order chi connectivity index (χ1) is 38.1. The Morgan fingerprint density at radius 2 is 0.714 bits per heavy atom. The van der Waals surface area contributed by atoms with Crippen molar-refractivity contribution < 1.29 is 0 Å². The maximum absolute atomic E-state index is 3.73. The zero-order valence-corrected chi connectivity index (χ0v) is 43.7. The van der Waals surface area contributed by atoms with Gasteiger partial charge in [-0.05, 0) is 109 Å². The number of aromatic nitrogens is 3. The standard InChI is InChI=1S/C36H24N2.C19H13N.C18H13Br/c1-2-8-24(9-3-1)25-14-16-26(17-15-25)27-18-20-28(21-19-27)38-34-13-7-5-11-30(34)32-23-22-31-29-10-4-6-12-33(29)37-35(31)36(32)38;1-2-6-13-12(5-1)11-17-14(13)9-10-16-15-7-3-4-8-18(15)20-19(16)17;19-18-12-10-17(11-13-18)16-8-6-15(7-9-16)14-4-2-1-3-5-14/h1-23,37H;1-10,20H,11H2;1-13H. The molecule has 2 N–H and O–H groups in total. The van der Waals surface area contributed by atoms with Gasteiger partial charge in [0.05, 0.1) is 22.1 Å². The van der Waals surface area contributed by atoms with E-state index in [1.807, 2.05) is 6.07 Å². The van der Waals surface area contributed by atoms with Crippen molar-refractivity contribution in [2.75, 3.05) is 0 Å². The van der Waals surface area contributed by atoms with E-state index in [4.69, 9.17) is 0 Å². The molecular formula is C73H50BrN3. The molecule has 0 saturated heterocycles. The topological polar surface area (TPSA) is 36.5 Å². The predicted molar refractivity (Wildman–Crippen MR) is 330 cm³/mol. The van der Waals surface area contributed by atoms with Crippen LogP contribution in [0.4, 0.5) is 0 Å². The SMILES string of the molecule is Brc1ccc(-c2ccc(-c3ccccc3)cc2)cc1.c1ccc(-c2ccc(-c3ccc(-n4c5ccccc5c5ccc6c7ccccc7[nH]c6c54)cc3)cc2)cc1.c1ccc2c(c1)Cc1c-2ccc2c1[nH]c1ccccc12. The summed E-state index contributed by atoms with van der Waals surface area (Å²) in [5, 5.41) is 7.71. The number of nitrogens with zero attached hydrogens (tertiary/aromatic N) is 1. The number of hydrogen-bond donors (Lipinski definition) is 2. The molecule has 0 amide bonds. The average molecular weight is 1050 g/mol. The van der Waals surface area contributed by atoms with E-state index in [1.165, 1.54) is 132 Å². The van der Waals surface area contributed by atoms with Crippen LogP contribution in [0, 0.1) is 0 Å². The molecule has 4 heteroatoms. The minimum absolute atomic E-state index is 1.04. The molecule has 3 nitrogen and oxygen atoms in total. The molecule has 1 aliphatic rings. The van der Waals surface area contributed by atoms with Crippen LogP contribution in [0.3, 0.4) is 0 Å². The minimum Gasteiger partial charge on any atom is -0.354 e. The van der Waals surface area contributed by atoms with Gasteiger partial charge >= 0.3 is 0 Å². The van der Waals surface area contributed by atoms with Gasteiger partial charge < -0.3 is 14.5 Å². The molecule has 77 heavy (non-hydrogen) atoms. The highest BCUT2D eigenvalue weighted by Crippen LogP contribution is 2.42. The summed E-state index contributed by atoms with van der Waals surface area (Å²) >= 11 is 3.46. The van der Waals surface area contributed by atoms with Gasteiger partial charge in [0, 0.05) is 59.9 Å². The molecule has 16 rings (SSSR count). The van der Waals surface area contributed by atoms with Gasteiger partial charge in [-0.1, -0.05) is 253 Å². The number of aromatic amines is 2. The fourth-order valence-corrected chi connectivity index (χ4v) is 11.9. The lowest BCUT2D eigenvalue weighted by Gasteiger charge is -2.10. The summed E-state index contributed by atoms with van der Waals surface area (Å²) in [4.78, 5) is 7.34. The van der Waals surface area contributed by atoms with Crippen LogP contribution in [-0.4, -0.2) is 14.5 Å². The van der Waals surface area contributed by atoms with Gasteiger partial charge in [-0.15, -0.1) is 0 Å². The van der Waals surface area contributed by atoms with Gasteiger partial charge in [0.1, 0.15) is 0 Å². The Kier molecular flexibility index (Phi) is 11.8. The van der Waals surface area contributed by atoms with Crippen LogP contribution < -0.4 is 0 Å². The van der Waals surface area contributed by atoms with Gasteiger partial charge in [-0.3, -0.25) is 0 Å². The maximum Gasteiger partial charge on any atom is 0.0783 e. The Bertz CT molecular complexity index is 4600. The molecule has 364 valence electrons. The fourth-order valence-electron chi connectivity index (χ4n) is 11.6. The zero-order valence-electron chi connectivity index (χ0n) is 42.1. The van der Waals surface area contributed by atoms with Gasteiger partial charge in [0.2, 0.25) is 0 Å². The summed E-state index contributed by atoms with van der Waals surface area (Å²) in [5.41, 5.74) is 24.0. The highest BCUT2D eigenvalue weighted by molar-refractivity contribution is 9.10. The quantitative estimate of drug-likeness (QED) is 0.172. The molecule has 3 heterocycles. The Labute approximate surface area is 455 Å². The number of hydrogen-bond acceptors (Lipinski definition) is 0. The average Bonchev–Trinajstić information content (AvgIpc) is 4.38. The molecule has 3 aromatic heterocycles. The van der Waals surface area contributed by atoms with Crippen molar-refractivity contribution in [3.8, 4) is 61.3 Å². The molecule has 0 unspecified atom stereocenters. The third-order valence-corrected chi connectivity index (χ3v) is 15.9. The first kappa shape index (κ1) is 46.1. The molecule has 0 aliphatic heterocycles. The van der Waals surface area contributed by atoms with E-state index in [0.29, 0.717) is 0 Å². The van der Waals surface area contributed by atoms with Crippen LogP contribution in [0.2, 0.25) is 0 Å². The van der Waals surface area contributed by atoms with E-state index >= 15 is 0 Å². The molecular weight excluding hydrogens is 999 g/mol. The molecule has 0 spiro atoms. The Hall–Kier alpha value is -9.48. The third kappa shape index (κ3) is 8.50. The van der Waals surface area contributed by atoms with Crippen molar-refractivity contribution in [3.63, 3.8) is 0 Å². The molecule has 0 radical (unpaired) electrons. The van der Waals surface area contributed by atoms with Gasteiger partial charge in [-0.25, -0.2) is 0 Å². The number of halogens is 1. The molecule has 0 fully saturated rings. The second-order valence-corrected chi connectivity index (χ2v) is 20.8. The monoisotopic (exact) mass is 1050 g/mol. The Balaban J connectivity index is 0.000000116. The molecule has 0 bridgehead atoms. The summed E-state index contributed by atoms with van der Waals surface area (Å²) in [6, 6.07) is 99.5. The minimum atomic E-state index is 1.04. The second kappa shape index (κ2) is 19.7. The van der Waals surface area contributed by atoms with Crippen molar-refractivity contribution in [3.05, 3.63) is 295 Å². The van der Waals surface area contributed by atoms with Crippen LogP contribution in [0.1, 0.15) is 11.1 Å². The number of benzene rings is 12. The number of fused-ring (bicyclic) bond motifs is 14. The normalized spacial score (nSPS) is 11.6. The first-order valence-electron chi connectivity index (χ1n) is 26.3. The van der Waals surface area contributed by atoms with E-state index in [1.54, 1.807) is 0 Å². The van der Waals surface area contributed by atoms with Crippen LogP contribution in [0.15, 0.2) is 284 Å². The smallest absolute Gasteiger partial charge is 0.0783 e. The summed E-state index contributed by atoms with van der Waals surface area (Å²) < 4.78 is 3.52. The van der Waals surface area contributed by atoms with Crippen molar-refractivity contribution in [1.82, 2.24) is 14.5 Å². The van der Waals surface area contributed by atoms with Crippen LogP contribution >= 0.6 is 15.9 Å². The lowest BCUT2D eigenvalue weighted by molar-refractivity contribution is 1.18. The number of H-pyrrole nitrogens is 2. The van der Waals surface area contributed by atoms with Crippen molar-refractivity contribution in [1.29, 1.82) is 0 Å². The largest absolute Gasteiger partial charge is 0.354 e. The predicted octanol–water partition coefficient (Wildman–Crippen LogP) is 20.4. The van der Waals surface area contributed by atoms with Crippen LogP contribution in [-0.2, 0) is 6.42 Å². The van der Waals surface area contributed by atoms with E-state index in [-0.39, 0.29) is 0 Å². The summed E-state index contributed by atoms with van der Waals surface area (Å²) in [6.07, 6.45) is 1.04. The van der Waals surface area contributed by atoms with Crippen LogP contribution in [0.5, 0.6) is 0 Å². The number of nitrogens with one attached hydrogen (secondary N) is 2. The zero-order chi connectivity index (χ0) is 51.2. The van der Waals surface area contributed by atoms with Gasteiger partial charge in [-0.2, -0.15) is 0 Å². The summed E-state index contributed by atoms with van der Waals surface area (Å²) in [5.74, 6) is 0. The number of rotatable bonds is 5. The van der Waals surface area contributed by atoms with Crippen molar-refractivity contribution in [2.45, 2.75) is 6.42 Å². The molecule has 1 aliphatic carbocycles. The molecule has 15 aromatic rings. The lowest BCUT2D eigenvalue weighted by atomic mass is 10.0. The highest BCUT2D eigenvalue weighted by Gasteiger charge is 2.22. The third-order valence-electron chi connectivity index (χ3n) is 15.4. The summed E-state index contributed by atoms with van der Waals surface area (Å²) in [7, 11) is 0. The van der Waals surface area contributed by atoms with Crippen molar-refractivity contribution >= 4 is 81.3 Å². The molecule has 0 saturated carbocycles. The number of para-hydroxylation sites is 3. The van der Waals surface area contributed by atoms with E-state index < -0.39 is 0 Å². The van der Waals surface area contributed by atoms with E-state index in [9.17, 15) is 0 Å². The van der Waals surface area contributed by atoms with E-state index in [2.05, 4.69) is 303 Å². The summed E-state index contributed by atoms with van der Waals surface area (Å²) in [6.45, 7) is 0. The van der Waals surface area contributed by atoms with Gasteiger partial charge in [0.25, 0.3) is 0 Å². The fraction of sp³-hybridized carbons (Fsp3) is 0.0137. The highest BCUT2D eigenvalue weighted by atomic mass is 79.9. The van der Waals surface area contributed by atoms with Crippen molar-refractivity contribution in [2.24, 2.45) is 0 Å². The molecule has 12 aromatic carbocycles. The molecule has 0 atom stereocenters. The Morgan fingerprint density at radius 3 is 1.30 bits per heavy atom. The Morgan fingerprint density at radius 1 is 0.299 bits per heavy atom. The second-order valence-electron chi connectivity index (χ2n) is 19.9. The van der Waals surface area contributed by atoms with Gasteiger partial charge in [0.15, 0.2) is 0 Å². The van der Waals surface area contributed by atoms with Crippen LogP contribution in [0.25, 0.3) is 127 Å². The maximum atomic E-state index is 3.73.